The molecule has 0 unspecified atom stereocenters. The minimum Gasteiger partial charge on any atom is -0.491 e. The van der Waals surface area contributed by atoms with E-state index in [4.69, 9.17) is 19.3 Å². The van der Waals surface area contributed by atoms with Crippen molar-refractivity contribution in [3.63, 3.8) is 0 Å². The van der Waals surface area contributed by atoms with Gasteiger partial charge < -0.3 is 19.3 Å². The lowest BCUT2D eigenvalue weighted by Crippen LogP contribution is -2.44. The lowest BCUT2D eigenvalue weighted by molar-refractivity contribution is -0.157. The van der Waals surface area contributed by atoms with Crippen LogP contribution in [0, 0.1) is 0 Å². The van der Waals surface area contributed by atoms with Crippen molar-refractivity contribution in [2.75, 3.05) is 20.3 Å². The van der Waals surface area contributed by atoms with Gasteiger partial charge in [-0.25, -0.2) is 4.79 Å². The third-order valence-corrected chi connectivity index (χ3v) is 4.51. The molecule has 0 saturated heterocycles. The Morgan fingerprint density at radius 1 is 0.929 bits per heavy atom. The van der Waals surface area contributed by atoms with Gasteiger partial charge >= 0.3 is 5.97 Å². The van der Waals surface area contributed by atoms with Gasteiger partial charge in [-0.15, -0.1) is 0 Å². The van der Waals surface area contributed by atoms with E-state index in [0.29, 0.717) is 17.9 Å². The van der Waals surface area contributed by atoms with Crippen LogP contribution in [0.25, 0.3) is 0 Å². The molecule has 1 N–H and O–H groups in total. The van der Waals surface area contributed by atoms with Crippen molar-refractivity contribution in [2.24, 2.45) is 0 Å². The second kappa shape index (κ2) is 9.11. The first kappa shape index (κ1) is 21.8. The highest BCUT2D eigenvalue weighted by Crippen LogP contribution is 2.28. The minimum atomic E-state index is -1.16. The van der Waals surface area contributed by atoms with Crippen LogP contribution in [0.2, 0.25) is 0 Å². The van der Waals surface area contributed by atoms with E-state index in [2.05, 4.69) is 20.8 Å². The molecule has 0 radical (unpaired) electrons. The Hall–Kier alpha value is -2.53. The normalized spacial score (nSPS) is 13.5. The van der Waals surface area contributed by atoms with E-state index in [0.717, 1.165) is 5.56 Å². The molecule has 2 aromatic rings. The van der Waals surface area contributed by atoms with E-state index in [1.165, 1.54) is 12.7 Å². The molecule has 0 aromatic heterocycles. The average molecular weight is 386 g/mol. The van der Waals surface area contributed by atoms with Gasteiger partial charge in [0, 0.05) is 6.42 Å². The van der Waals surface area contributed by atoms with Gasteiger partial charge in [0.2, 0.25) is 5.60 Å². The Labute approximate surface area is 167 Å². The Balaban J connectivity index is 2.18. The van der Waals surface area contributed by atoms with Crippen LogP contribution in [0.4, 0.5) is 0 Å². The van der Waals surface area contributed by atoms with Gasteiger partial charge in [-0.3, -0.25) is 0 Å². The molecule has 0 fully saturated rings. The summed E-state index contributed by atoms with van der Waals surface area (Å²) in [5.41, 5.74) is 0.990. The van der Waals surface area contributed by atoms with Crippen molar-refractivity contribution in [3.05, 3.63) is 59.7 Å². The third-order valence-electron chi connectivity index (χ3n) is 4.51. The SMILES string of the molecule is COC(=O)[C@@](C)(Cc1ccc(OCCO)cc1)Oc1ccc(C(C)(C)C)cc1. The number of methoxy groups -OCH3 is 1. The number of hydrogen-bond donors (Lipinski definition) is 1. The summed E-state index contributed by atoms with van der Waals surface area (Å²) in [7, 11) is 1.36. The molecule has 0 aliphatic rings. The van der Waals surface area contributed by atoms with Crippen LogP contribution in [0.5, 0.6) is 11.5 Å². The maximum atomic E-state index is 12.5. The summed E-state index contributed by atoms with van der Waals surface area (Å²) in [4.78, 5) is 12.5. The molecule has 2 aromatic carbocycles. The van der Waals surface area contributed by atoms with E-state index in [9.17, 15) is 4.79 Å². The van der Waals surface area contributed by atoms with Gasteiger partial charge in [0.15, 0.2) is 0 Å². The molecule has 28 heavy (non-hydrogen) atoms. The lowest BCUT2D eigenvalue weighted by atomic mass is 9.87. The maximum absolute atomic E-state index is 12.5. The average Bonchev–Trinajstić information content (AvgIpc) is 2.66. The third kappa shape index (κ3) is 5.73. The number of benzene rings is 2. The summed E-state index contributed by atoms with van der Waals surface area (Å²) in [5, 5.41) is 8.83. The zero-order valence-electron chi connectivity index (χ0n) is 17.3. The van der Waals surface area contributed by atoms with Crippen LogP contribution in [-0.4, -0.2) is 37.0 Å². The van der Waals surface area contributed by atoms with Crippen molar-refractivity contribution >= 4 is 5.97 Å². The highest BCUT2D eigenvalue weighted by molar-refractivity contribution is 5.80. The molecule has 0 bridgehead atoms. The number of aliphatic hydroxyl groups is 1. The fourth-order valence-corrected chi connectivity index (χ4v) is 2.91. The molecule has 1 atom stereocenters. The van der Waals surface area contributed by atoms with E-state index in [1.807, 2.05) is 36.4 Å². The van der Waals surface area contributed by atoms with E-state index >= 15 is 0 Å². The first-order valence-corrected chi connectivity index (χ1v) is 9.38. The largest absolute Gasteiger partial charge is 0.491 e. The molecule has 152 valence electrons. The van der Waals surface area contributed by atoms with Crippen molar-refractivity contribution in [1.82, 2.24) is 0 Å². The quantitative estimate of drug-likeness (QED) is 0.697. The second-order valence-corrected chi connectivity index (χ2v) is 7.99. The van der Waals surface area contributed by atoms with Gasteiger partial charge in [-0.1, -0.05) is 45.0 Å². The summed E-state index contributed by atoms with van der Waals surface area (Å²) in [6, 6.07) is 15.2. The molecular formula is C23H30O5. The zero-order valence-corrected chi connectivity index (χ0v) is 17.3. The predicted octanol–water partition coefficient (Wildman–Crippen LogP) is 3.91. The Morgan fingerprint density at radius 2 is 1.50 bits per heavy atom. The number of ether oxygens (including phenoxy) is 3. The smallest absolute Gasteiger partial charge is 0.350 e. The monoisotopic (exact) mass is 386 g/mol. The minimum absolute atomic E-state index is 0.0377. The molecule has 0 aliphatic carbocycles. The number of esters is 1. The predicted molar refractivity (Wildman–Crippen MR) is 109 cm³/mol. The second-order valence-electron chi connectivity index (χ2n) is 7.99. The summed E-state index contributed by atoms with van der Waals surface area (Å²) in [6.45, 7) is 8.38. The first-order valence-electron chi connectivity index (χ1n) is 9.38. The van der Waals surface area contributed by atoms with Crippen LogP contribution in [0.3, 0.4) is 0 Å². The van der Waals surface area contributed by atoms with Crippen molar-refractivity contribution in [2.45, 2.75) is 45.1 Å². The standard InChI is InChI=1S/C23H30O5/c1-22(2,3)18-8-12-20(13-9-18)28-23(4,21(25)26-5)16-17-6-10-19(11-7-17)27-15-14-24/h6-13,24H,14-16H2,1-5H3/t23-/m1/s1. The number of carbonyl (C=O) groups is 1. The van der Waals surface area contributed by atoms with E-state index in [-0.39, 0.29) is 18.6 Å². The van der Waals surface area contributed by atoms with Gasteiger partial charge in [0.05, 0.1) is 13.7 Å². The van der Waals surface area contributed by atoms with Crippen LogP contribution in [0.15, 0.2) is 48.5 Å². The first-order chi connectivity index (χ1) is 13.2. The van der Waals surface area contributed by atoms with Gasteiger partial charge in [0.1, 0.15) is 18.1 Å². The highest BCUT2D eigenvalue weighted by Gasteiger charge is 2.37. The van der Waals surface area contributed by atoms with E-state index < -0.39 is 11.6 Å². The van der Waals surface area contributed by atoms with Crippen molar-refractivity contribution in [3.8, 4) is 11.5 Å². The fraction of sp³-hybridized carbons (Fsp3) is 0.435. The van der Waals surface area contributed by atoms with E-state index in [1.54, 1.807) is 19.1 Å². The number of hydrogen-bond acceptors (Lipinski definition) is 5. The number of aliphatic hydroxyl groups excluding tert-OH is 1. The molecule has 0 saturated carbocycles. The summed E-state index contributed by atoms with van der Waals surface area (Å²) in [5.74, 6) is 0.841. The lowest BCUT2D eigenvalue weighted by Gasteiger charge is -2.28. The summed E-state index contributed by atoms with van der Waals surface area (Å²) < 4.78 is 16.5. The zero-order chi connectivity index (χ0) is 20.8. The molecule has 5 nitrogen and oxygen atoms in total. The Bertz CT molecular complexity index is 759. The molecule has 0 spiro atoms. The van der Waals surface area contributed by atoms with Crippen LogP contribution in [0.1, 0.15) is 38.8 Å². The molecule has 0 aliphatic heterocycles. The molecule has 0 amide bonds. The maximum Gasteiger partial charge on any atom is 0.350 e. The summed E-state index contributed by atoms with van der Waals surface area (Å²) >= 11 is 0. The number of rotatable bonds is 8. The molecule has 2 rings (SSSR count). The van der Waals surface area contributed by atoms with Crippen LogP contribution >= 0.6 is 0 Å². The molecule has 5 heteroatoms. The van der Waals surface area contributed by atoms with Gasteiger partial charge in [-0.05, 0) is 47.7 Å². The van der Waals surface area contributed by atoms with Gasteiger partial charge in [-0.2, -0.15) is 0 Å². The summed E-state index contributed by atoms with van der Waals surface area (Å²) in [6.07, 6.45) is 0.348. The molecular weight excluding hydrogens is 356 g/mol. The van der Waals surface area contributed by atoms with Gasteiger partial charge in [0.25, 0.3) is 0 Å². The number of carbonyl (C=O) groups excluding carboxylic acids is 1. The van der Waals surface area contributed by atoms with Crippen LogP contribution < -0.4 is 9.47 Å². The molecule has 0 heterocycles. The van der Waals surface area contributed by atoms with Crippen molar-refractivity contribution in [1.29, 1.82) is 0 Å². The highest BCUT2D eigenvalue weighted by atomic mass is 16.6. The Morgan fingerprint density at radius 3 is 2.00 bits per heavy atom. The topological polar surface area (TPSA) is 65.0 Å². The Kier molecular flexibility index (Phi) is 7.08. The van der Waals surface area contributed by atoms with Crippen molar-refractivity contribution < 1.29 is 24.1 Å². The fourth-order valence-electron chi connectivity index (χ4n) is 2.91. The van der Waals surface area contributed by atoms with Crippen LogP contribution in [-0.2, 0) is 21.4 Å².